The number of aromatic nitrogens is 1. The van der Waals surface area contributed by atoms with Crippen molar-refractivity contribution in [3.8, 4) is 52.4 Å². The number of rotatable bonds is 11. The predicted molar refractivity (Wildman–Crippen MR) is 263 cm³/mol. The number of likely N-dealkylation sites (N-methyl/N-ethyl adjacent to an activating group) is 1. The van der Waals surface area contributed by atoms with Gasteiger partial charge in [-0.3, -0.25) is 4.79 Å². The molecular weight excluding hydrogens is 986 g/mol. The number of epoxide rings is 1. The van der Waals surface area contributed by atoms with Crippen molar-refractivity contribution in [2.45, 2.75) is 144 Å². The minimum atomic E-state index is -1.58. The molecule has 1 spiro atoms. The molecule has 1 aromatic heterocycles. The lowest BCUT2D eigenvalue weighted by molar-refractivity contribution is -0.291. The summed E-state index contributed by atoms with van der Waals surface area (Å²) in [5, 5.41) is 59.4. The van der Waals surface area contributed by atoms with Crippen molar-refractivity contribution in [2.24, 2.45) is 0 Å². The molecule has 5 bridgehead atoms. The third kappa shape index (κ3) is 10.1. The van der Waals surface area contributed by atoms with Crippen molar-refractivity contribution in [1.29, 1.82) is 0 Å². The number of hydrogen-bond acceptors (Lipinski definition) is 19. The van der Waals surface area contributed by atoms with E-state index in [0.29, 0.717) is 22.1 Å². The van der Waals surface area contributed by atoms with Gasteiger partial charge in [-0.25, -0.2) is 9.78 Å². The van der Waals surface area contributed by atoms with Gasteiger partial charge in [0.2, 0.25) is 5.75 Å². The van der Waals surface area contributed by atoms with E-state index in [4.69, 9.17) is 59.0 Å². The lowest BCUT2D eigenvalue weighted by Crippen LogP contribution is -2.62. The third-order valence-electron chi connectivity index (χ3n) is 13.9. The van der Waals surface area contributed by atoms with E-state index in [2.05, 4.69) is 34.0 Å². The number of phenolic OH excluding ortho intramolecular Hbond substituents is 1. The molecule has 396 valence electrons. The highest BCUT2D eigenvalue weighted by Crippen LogP contribution is 2.54. The van der Waals surface area contributed by atoms with Gasteiger partial charge in [0.15, 0.2) is 46.7 Å². The second-order valence-corrected chi connectivity index (χ2v) is 20.2. The van der Waals surface area contributed by atoms with Crippen LogP contribution in [0.5, 0.6) is 28.7 Å². The number of carbonyl (C=O) groups excluding carboxylic acids is 2. The van der Waals surface area contributed by atoms with Crippen LogP contribution in [-0.4, -0.2) is 179 Å². The summed E-state index contributed by atoms with van der Waals surface area (Å²) in [6.45, 7) is 7.93. The average molecular weight is 1050 g/mol. The van der Waals surface area contributed by atoms with Gasteiger partial charge in [0.1, 0.15) is 55.0 Å². The normalized spacial score (nSPS) is 35.0. The summed E-state index contributed by atoms with van der Waals surface area (Å²) in [4.78, 5) is 35.2. The van der Waals surface area contributed by atoms with E-state index in [1.54, 1.807) is 51.1 Å². The van der Waals surface area contributed by atoms with E-state index < -0.39 is 115 Å². The summed E-state index contributed by atoms with van der Waals surface area (Å²) in [5.74, 6) is 11.0. The molecular formula is C53H60ClN3O17. The van der Waals surface area contributed by atoms with Crippen LogP contribution in [0.15, 0.2) is 53.6 Å². The zero-order valence-electron chi connectivity index (χ0n) is 42.2. The fourth-order valence-electron chi connectivity index (χ4n) is 10.2. The van der Waals surface area contributed by atoms with Gasteiger partial charge in [0.05, 0.1) is 49.7 Å². The van der Waals surface area contributed by atoms with Crippen LogP contribution < -0.4 is 24.3 Å². The molecule has 0 radical (unpaired) electrons. The van der Waals surface area contributed by atoms with E-state index in [1.165, 1.54) is 45.4 Å². The number of carbonyl (C=O) groups is 2. The number of aromatic hydroxyl groups is 1. The molecule has 74 heavy (non-hydrogen) atoms. The summed E-state index contributed by atoms with van der Waals surface area (Å²) < 4.78 is 61.5. The minimum Gasteiger partial charge on any atom is -0.507 e. The Balaban J connectivity index is 1.10. The largest absolute Gasteiger partial charge is 0.507 e. The quantitative estimate of drug-likeness (QED) is 0.0698. The molecule has 3 fully saturated rings. The summed E-state index contributed by atoms with van der Waals surface area (Å²) >= 11 is 6.85. The zero-order valence-corrected chi connectivity index (χ0v) is 42.9. The maximum atomic E-state index is 14.5. The number of ether oxygens (including phenoxy) is 10. The molecule has 1 amide bonds. The first kappa shape index (κ1) is 53.1. The van der Waals surface area contributed by atoms with Crippen LogP contribution in [0.2, 0.25) is 5.15 Å². The summed E-state index contributed by atoms with van der Waals surface area (Å²) in [7, 11) is 6.35. The molecule has 5 aliphatic heterocycles. The maximum absolute atomic E-state index is 14.5. The first-order valence-corrected chi connectivity index (χ1v) is 24.6. The van der Waals surface area contributed by atoms with Crippen molar-refractivity contribution < 1.29 is 82.5 Å². The van der Waals surface area contributed by atoms with Gasteiger partial charge in [-0.2, -0.15) is 0 Å². The first-order valence-electron chi connectivity index (χ1n) is 24.2. The monoisotopic (exact) mass is 1050 g/mol. The Kier molecular flexibility index (Phi) is 14.9. The number of nitrogens with one attached hydrogen (secondary N) is 1. The average Bonchev–Trinajstić information content (AvgIpc) is 3.97. The van der Waals surface area contributed by atoms with Crippen LogP contribution in [-0.2, 0) is 39.6 Å². The lowest BCUT2D eigenvalue weighted by Gasteiger charge is -2.44. The van der Waals surface area contributed by atoms with Crippen molar-refractivity contribution in [1.82, 2.24) is 15.2 Å². The third-order valence-corrected chi connectivity index (χ3v) is 14.2. The molecule has 2 aliphatic carbocycles. The number of pyridine rings is 1. The second kappa shape index (κ2) is 20.8. The number of methoxy groups -OCH3 is 2. The first-order chi connectivity index (χ1) is 35.1. The molecule has 7 aliphatic rings. The number of aliphatic hydroxyl groups excluding tert-OH is 3. The molecule has 10 rings (SSSR count). The molecule has 2 aromatic carbocycles. The number of benzene rings is 2. The number of phenols is 1. The molecule has 20 nitrogen and oxygen atoms in total. The zero-order chi connectivity index (χ0) is 53.1. The number of nitrogens with zero attached hydrogens (tertiary/aromatic N) is 2. The lowest BCUT2D eigenvalue weighted by atomic mass is 9.88. The summed E-state index contributed by atoms with van der Waals surface area (Å²) in [6.07, 6.45) is -9.67. The van der Waals surface area contributed by atoms with Crippen molar-refractivity contribution in [3.63, 3.8) is 0 Å². The molecule has 0 saturated carbocycles. The number of hydrogen-bond donors (Lipinski definition) is 6. The van der Waals surface area contributed by atoms with Gasteiger partial charge < -0.3 is 83.1 Å². The maximum Gasteiger partial charge on any atom is 0.329 e. The molecule has 6 heterocycles. The van der Waals surface area contributed by atoms with Gasteiger partial charge in [0, 0.05) is 41.1 Å². The fraction of sp³-hybridized carbons (Fsp3) is 0.528. The second-order valence-electron chi connectivity index (χ2n) is 19.8. The Morgan fingerprint density at radius 1 is 1.01 bits per heavy atom. The fourth-order valence-corrected chi connectivity index (χ4v) is 10.4. The summed E-state index contributed by atoms with van der Waals surface area (Å²) in [6, 6.07) is 5.37. The van der Waals surface area contributed by atoms with E-state index in [9.17, 15) is 35.1 Å². The van der Waals surface area contributed by atoms with E-state index in [-0.39, 0.29) is 58.2 Å². The van der Waals surface area contributed by atoms with Crippen molar-refractivity contribution in [2.75, 3.05) is 34.9 Å². The Bertz CT molecular complexity index is 2890. The van der Waals surface area contributed by atoms with Crippen molar-refractivity contribution in [3.05, 3.63) is 70.0 Å². The molecule has 3 aromatic rings. The van der Waals surface area contributed by atoms with Crippen LogP contribution in [0.1, 0.15) is 57.1 Å². The van der Waals surface area contributed by atoms with Gasteiger partial charge in [-0.15, -0.1) is 0 Å². The summed E-state index contributed by atoms with van der Waals surface area (Å²) in [5.41, 5.74) is -2.34. The molecule has 21 heteroatoms. The molecule has 15 atom stereocenters. The van der Waals surface area contributed by atoms with Crippen LogP contribution in [0.3, 0.4) is 0 Å². The van der Waals surface area contributed by atoms with Crippen LogP contribution >= 0.6 is 11.6 Å². The number of amides is 1. The number of halogens is 1. The number of allylic oxidation sites excluding steroid dienone is 1. The highest BCUT2D eigenvalue weighted by Gasteiger charge is 2.70. The van der Waals surface area contributed by atoms with Gasteiger partial charge in [-0.1, -0.05) is 35.3 Å². The Morgan fingerprint density at radius 3 is 2.46 bits per heavy atom. The number of aliphatic hydroxyl groups is 4. The van der Waals surface area contributed by atoms with Gasteiger partial charge in [-0.05, 0) is 90.5 Å². The van der Waals surface area contributed by atoms with Crippen molar-refractivity contribution >= 4 is 34.2 Å². The van der Waals surface area contributed by atoms with E-state index in [1.807, 2.05) is 13.8 Å². The molecule has 3 saturated heterocycles. The Morgan fingerprint density at radius 2 is 1.77 bits per heavy atom. The Hall–Kier alpha value is -5.72. The SMILES string of the molecule is COc1c(OC(C)C)cc2cc(O)c(C(=O)N[C@@H]3Cc4ccc(c(Cl)n4)O[C@H]4C=C5C#C/C(=C\C#C[C@H]6O[C@@]56[C@@H]4O[C@@H]4C[C@](C)(O)[C@H](O)[C@H](C)O4)[C@@H](O[C@@H]4O[C@H](C)[C@@H](N(C)C)[C@@H](O)[C@H]4O)COC3=O)cc2c1OC. The highest BCUT2D eigenvalue weighted by atomic mass is 35.5. The molecule has 0 unspecified atom stereocenters. The highest BCUT2D eigenvalue weighted by molar-refractivity contribution is 6.30. The predicted octanol–water partition coefficient (Wildman–Crippen LogP) is 2.48. The smallest absolute Gasteiger partial charge is 0.329 e. The Labute approximate surface area is 432 Å². The van der Waals surface area contributed by atoms with Crippen LogP contribution in [0.25, 0.3) is 10.8 Å². The number of esters is 1. The van der Waals surface area contributed by atoms with Gasteiger partial charge >= 0.3 is 5.97 Å². The van der Waals surface area contributed by atoms with E-state index >= 15 is 0 Å². The topological polar surface area (TPSA) is 259 Å². The standard InChI is InChI=1S/C53H60ClN3O17/c1-24(2)68-36-18-28-17-34(58)32(21-31(28)44(65-8)45(36)66-9)49(62)56-33-20-30-15-16-35(48(54)55-30)71-37-19-29-14-13-27(38(23-67-50(33)63)72-51-43(60)42(59)41(57(6)7)25(3)70-51)11-10-12-39-53(29,74-39)47(37)73-40-22-52(5,64)46(61)26(4)69-40/h11,15-19,21,24-26,33,37-43,46-47,51,58-61,64H,20,22-23H2,1-9H3,(H,56,62)/b27-11+/t25-,26+,33-,37+,38+,39-,40-,41-,42-,43-,46-,47-,51+,52+,53+/m1/s1. The minimum absolute atomic E-state index is 0.0956. The van der Waals surface area contributed by atoms with Crippen LogP contribution in [0, 0.1) is 23.7 Å². The number of fused-ring (bicyclic) bond motifs is 8. The van der Waals surface area contributed by atoms with E-state index in [0.717, 1.165) is 0 Å². The van der Waals surface area contributed by atoms with Crippen LogP contribution in [0.4, 0.5) is 0 Å². The molecule has 6 N–H and O–H groups in total. The van der Waals surface area contributed by atoms with Gasteiger partial charge in [0.25, 0.3) is 5.91 Å².